The Morgan fingerprint density at radius 1 is 1.13 bits per heavy atom. The molecule has 3 aromatic rings. The van der Waals surface area contributed by atoms with Gasteiger partial charge in [0.25, 0.3) is 0 Å². The summed E-state index contributed by atoms with van der Waals surface area (Å²) >= 11 is 5.50. The summed E-state index contributed by atoms with van der Waals surface area (Å²) in [5.41, 5.74) is -0.617. The number of nitrogens with one attached hydrogen (secondary N) is 1. The second-order valence-electron chi connectivity index (χ2n) is 9.63. The van der Waals surface area contributed by atoms with Gasteiger partial charge in [0.2, 0.25) is 5.43 Å². The number of piperazine rings is 1. The maximum absolute atomic E-state index is 15.3. The molecule has 1 saturated heterocycles. The van der Waals surface area contributed by atoms with Crippen molar-refractivity contribution >= 4 is 45.6 Å². The van der Waals surface area contributed by atoms with Crippen LogP contribution in [0.4, 0.5) is 28.9 Å². The first-order valence-corrected chi connectivity index (χ1v) is 12.5. The third-order valence-electron chi connectivity index (χ3n) is 6.96. The monoisotopic (exact) mass is 548 g/mol. The van der Waals surface area contributed by atoms with Crippen molar-refractivity contribution in [3.05, 3.63) is 69.8 Å². The van der Waals surface area contributed by atoms with Gasteiger partial charge in [-0.3, -0.25) is 4.79 Å². The van der Waals surface area contributed by atoms with Gasteiger partial charge in [-0.2, -0.15) is 13.2 Å². The highest BCUT2D eigenvalue weighted by Crippen LogP contribution is 2.38. The van der Waals surface area contributed by atoms with Crippen LogP contribution in [0.2, 0.25) is 0 Å². The van der Waals surface area contributed by atoms with E-state index >= 15 is 4.39 Å². The van der Waals surface area contributed by atoms with Crippen LogP contribution in [0.3, 0.4) is 0 Å². The van der Waals surface area contributed by atoms with Crippen molar-refractivity contribution in [1.29, 1.82) is 0 Å². The molecule has 7 nitrogen and oxygen atoms in total. The molecule has 0 spiro atoms. The second kappa shape index (κ2) is 9.57. The zero-order valence-electron chi connectivity index (χ0n) is 20.3. The third kappa shape index (κ3) is 4.92. The Morgan fingerprint density at radius 2 is 1.82 bits per heavy atom. The molecule has 2 aliphatic rings. The number of carboxylic acid groups (broad SMARTS) is 1. The number of pyridine rings is 1. The lowest BCUT2D eigenvalue weighted by molar-refractivity contribution is -0.137. The number of carbonyl (C=O) groups is 1. The van der Waals surface area contributed by atoms with Crippen LogP contribution in [0.1, 0.15) is 41.7 Å². The van der Waals surface area contributed by atoms with Crippen LogP contribution in [0.15, 0.2) is 47.4 Å². The van der Waals surface area contributed by atoms with E-state index in [1.165, 1.54) is 18.3 Å². The first-order valence-electron chi connectivity index (χ1n) is 12.1. The van der Waals surface area contributed by atoms with Gasteiger partial charge < -0.3 is 24.8 Å². The molecule has 12 heteroatoms. The predicted octanol–water partition coefficient (Wildman–Crippen LogP) is 5.10. The summed E-state index contributed by atoms with van der Waals surface area (Å²) in [6.45, 7) is 3.14. The molecular weight excluding hydrogens is 524 g/mol. The average Bonchev–Trinajstić information content (AvgIpc) is 3.69. The molecule has 2 fully saturated rings. The van der Waals surface area contributed by atoms with Crippen LogP contribution in [0.5, 0.6) is 0 Å². The Kier molecular flexibility index (Phi) is 6.54. The van der Waals surface area contributed by atoms with Crippen LogP contribution in [-0.2, 0) is 6.18 Å². The Hall–Kier alpha value is -3.67. The van der Waals surface area contributed by atoms with E-state index in [0.29, 0.717) is 41.6 Å². The van der Waals surface area contributed by atoms with Gasteiger partial charge in [-0.25, -0.2) is 9.18 Å². The maximum Gasteiger partial charge on any atom is 0.416 e. The van der Waals surface area contributed by atoms with Gasteiger partial charge in [0.1, 0.15) is 11.4 Å². The zero-order valence-corrected chi connectivity index (χ0v) is 21.1. The van der Waals surface area contributed by atoms with Crippen LogP contribution in [0.25, 0.3) is 10.9 Å². The van der Waals surface area contributed by atoms with E-state index in [9.17, 15) is 27.9 Å². The topological polar surface area (TPSA) is 77.8 Å². The molecule has 1 saturated carbocycles. The van der Waals surface area contributed by atoms with E-state index in [-0.39, 0.29) is 23.0 Å². The molecule has 1 atom stereocenters. The van der Waals surface area contributed by atoms with E-state index in [2.05, 4.69) is 5.32 Å². The summed E-state index contributed by atoms with van der Waals surface area (Å²) in [6.07, 6.45) is -1.38. The van der Waals surface area contributed by atoms with Crippen molar-refractivity contribution in [3.8, 4) is 0 Å². The molecule has 200 valence electrons. The van der Waals surface area contributed by atoms with Crippen molar-refractivity contribution in [1.82, 2.24) is 9.47 Å². The van der Waals surface area contributed by atoms with Crippen molar-refractivity contribution in [2.75, 3.05) is 29.9 Å². The lowest BCUT2D eigenvalue weighted by Gasteiger charge is -2.42. The van der Waals surface area contributed by atoms with Crippen LogP contribution >= 0.6 is 12.2 Å². The van der Waals surface area contributed by atoms with E-state index in [1.807, 2.05) is 16.7 Å². The van der Waals surface area contributed by atoms with Gasteiger partial charge in [0.15, 0.2) is 5.11 Å². The minimum absolute atomic E-state index is 0.0339. The highest BCUT2D eigenvalue weighted by atomic mass is 32.1. The van der Waals surface area contributed by atoms with Crippen molar-refractivity contribution in [2.45, 2.75) is 38.0 Å². The fraction of sp³-hybridized carbons (Fsp3) is 0.346. The van der Waals surface area contributed by atoms with Crippen LogP contribution < -0.4 is 15.6 Å². The number of nitrogens with zero attached hydrogens (tertiary/aromatic N) is 3. The fourth-order valence-corrected chi connectivity index (χ4v) is 5.21. The van der Waals surface area contributed by atoms with E-state index in [1.54, 1.807) is 10.6 Å². The zero-order chi connectivity index (χ0) is 27.4. The minimum atomic E-state index is -4.42. The molecule has 1 unspecified atom stereocenters. The van der Waals surface area contributed by atoms with Crippen molar-refractivity contribution in [3.63, 3.8) is 0 Å². The molecule has 2 N–H and O–H groups in total. The highest BCUT2D eigenvalue weighted by molar-refractivity contribution is 7.80. The number of hydrogen-bond acceptors (Lipinski definition) is 4. The number of aromatic carboxylic acids is 1. The molecule has 1 aromatic heterocycles. The van der Waals surface area contributed by atoms with Gasteiger partial charge in [-0.15, -0.1) is 0 Å². The van der Waals surface area contributed by atoms with Crippen molar-refractivity contribution in [2.24, 2.45) is 0 Å². The van der Waals surface area contributed by atoms with Gasteiger partial charge in [0, 0.05) is 49.0 Å². The number of halogens is 4. The van der Waals surface area contributed by atoms with Gasteiger partial charge in [0.05, 0.1) is 16.8 Å². The summed E-state index contributed by atoms with van der Waals surface area (Å²) in [6, 6.07) is 7.23. The number of hydrogen-bond donors (Lipinski definition) is 2. The van der Waals surface area contributed by atoms with Crippen molar-refractivity contribution < 1.29 is 27.5 Å². The standard InChI is InChI=1S/C26H24F4N4O3S/c1-14-12-32(8-9-33(14)25(38)31-16-4-2-15(3-5-16)26(28,29)30)22-11-21-18(10-20(22)27)23(35)19(24(36)37)13-34(21)17-6-7-17/h2-5,10-11,13-14,17H,6-9,12H2,1H3,(H,31,38)(H,36,37). The molecular formula is C26H24F4N4O3S. The lowest BCUT2D eigenvalue weighted by atomic mass is 10.1. The molecule has 5 rings (SSSR count). The van der Waals surface area contributed by atoms with Gasteiger partial charge >= 0.3 is 12.1 Å². The van der Waals surface area contributed by atoms with E-state index in [4.69, 9.17) is 12.2 Å². The largest absolute Gasteiger partial charge is 0.477 e. The number of thiocarbonyl (C=S) groups is 1. The fourth-order valence-electron chi connectivity index (χ4n) is 4.82. The van der Waals surface area contributed by atoms with Crippen LogP contribution in [-0.4, -0.2) is 51.3 Å². The molecule has 38 heavy (non-hydrogen) atoms. The summed E-state index contributed by atoms with van der Waals surface area (Å²) < 4.78 is 55.5. The Labute approximate surface area is 220 Å². The van der Waals surface area contributed by atoms with E-state index in [0.717, 1.165) is 31.0 Å². The number of anilines is 2. The summed E-state index contributed by atoms with van der Waals surface area (Å²) in [4.78, 5) is 28.0. The minimum Gasteiger partial charge on any atom is -0.477 e. The molecule has 0 amide bonds. The number of alkyl halides is 3. The molecule has 2 aromatic carbocycles. The molecule has 0 radical (unpaired) electrons. The lowest BCUT2D eigenvalue weighted by Crippen LogP contribution is -2.55. The quantitative estimate of drug-likeness (QED) is 0.347. The predicted molar refractivity (Wildman–Crippen MR) is 139 cm³/mol. The Morgan fingerprint density at radius 3 is 2.39 bits per heavy atom. The van der Waals surface area contributed by atoms with Gasteiger partial charge in [-0.05, 0) is 68.4 Å². The Bertz CT molecular complexity index is 1490. The normalized spacial score (nSPS) is 18.1. The molecule has 1 aliphatic carbocycles. The number of benzene rings is 2. The maximum atomic E-state index is 15.3. The van der Waals surface area contributed by atoms with Crippen LogP contribution in [0, 0.1) is 5.82 Å². The SMILES string of the molecule is CC1CN(c2cc3c(cc2F)c(=O)c(C(=O)O)cn3C2CC2)CCN1C(=S)Nc1ccc(C(F)(F)F)cc1. The smallest absolute Gasteiger partial charge is 0.416 e. The summed E-state index contributed by atoms with van der Waals surface area (Å²) in [5, 5.41) is 12.8. The Balaban J connectivity index is 1.35. The van der Waals surface area contributed by atoms with Gasteiger partial charge in [-0.1, -0.05) is 0 Å². The first kappa shape index (κ1) is 26.0. The number of fused-ring (bicyclic) bond motifs is 1. The number of aromatic nitrogens is 1. The second-order valence-corrected chi connectivity index (χ2v) is 10.0. The first-order chi connectivity index (χ1) is 17.9. The molecule has 0 bridgehead atoms. The molecule has 2 heterocycles. The summed E-state index contributed by atoms with van der Waals surface area (Å²) in [7, 11) is 0. The number of rotatable bonds is 4. The summed E-state index contributed by atoms with van der Waals surface area (Å²) in [5.74, 6) is -1.97. The highest BCUT2D eigenvalue weighted by Gasteiger charge is 2.32. The third-order valence-corrected chi connectivity index (χ3v) is 7.30. The molecule has 1 aliphatic heterocycles. The van der Waals surface area contributed by atoms with E-state index < -0.39 is 29.0 Å². The number of carboxylic acids is 1. The average molecular weight is 549 g/mol.